The van der Waals surface area contributed by atoms with Crippen LogP contribution in [0.3, 0.4) is 0 Å². The van der Waals surface area contributed by atoms with Gasteiger partial charge in [0.1, 0.15) is 21.4 Å². The summed E-state index contributed by atoms with van der Waals surface area (Å²) in [6.07, 6.45) is 1.31. The number of ether oxygens (including phenoxy) is 2. The molecular weight excluding hydrogens is 344 g/mol. The molecule has 0 N–H and O–H groups in total. The van der Waals surface area contributed by atoms with Crippen LogP contribution in [0.15, 0.2) is 4.79 Å². The van der Waals surface area contributed by atoms with Gasteiger partial charge in [-0.05, 0) is 39.2 Å². The van der Waals surface area contributed by atoms with Crippen molar-refractivity contribution in [2.24, 2.45) is 0 Å². The van der Waals surface area contributed by atoms with Crippen molar-refractivity contribution in [3.8, 4) is 0 Å². The SMILES string of the molecule is CCOC(=O)c1sc2nc3n(c(=O)c2c1C)CCCC3C(=O)OCC. The molecule has 25 heavy (non-hydrogen) atoms. The molecule has 134 valence electrons. The van der Waals surface area contributed by atoms with Crippen LogP contribution in [-0.2, 0) is 20.8 Å². The first-order chi connectivity index (χ1) is 12.0. The van der Waals surface area contributed by atoms with E-state index in [-0.39, 0.29) is 24.7 Å². The maximum atomic E-state index is 12.9. The fraction of sp³-hybridized carbons (Fsp3) is 0.529. The smallest absolute Gasteiger partial charge is 0.348 e. The average Bonchev–Trinajstić information content (AvgIpc) is 2.92. The standard InChI is InChI=1S/C17H20N2O5S/c1-4-23-16(21)10-7-6-8-19-13(10)18-14-11(15(19)20)9(3)12(25-14)17(22)24-5-2/h10H,4-8H2,1-3H3. The molecule has 0 amide bonds. The molecule has 1 atom stereocenters. The summed E-state index contributed by atoms with van der Waals surface area (Å²) in [5.41, 5.74) is 0.378. The molecule has 3 rings (SSSR count). The number of carbonyl (C=O) groups excluding carboxylic acids is 2. The second-order valence-electron chi connectivity index (χ2n) is 5.83. The number of carbonyl (C=O) groups is 2. The molecule has 0 spiro atoms. The van der Waals surface area contributed by atoms with E-state index in [4.69, 9.17) is 9.47 Å². The van der Waals surface area contributed by atoms with Gasteiger partial charge in [-0.3, -0.25) is 14.2 Å². The zero-order chi connectivity index (χ0) is 18.1. The molecule has 0 bridgehead atoms. The highest BCUT2D eigenvalue weighted by atomic mass is 32.1. The summed E-state index contributed by atoms with van der Waals surface area (Å²) in [4.78, 5) is 42.7. The lowest BCUT2D eigenvalue weighted by atomic mass is 9.98. The minimum absolute atomic E-state index is 0.210. The summed E-state index contributed by atoms with van der Waals surface area (Å²) in [5, 5.41) is 0.432. The summed E-state index contributed by atoms with van der Waals surface area (Å²) in [5.74, 6) is -0.925. The summed E-state index contributed by atoms with van der Waals surface area (Å²) >= 11 is 1.13. The monoisotopic (exact) mass is 364 g/mol. The highest BCUT2D eigenvalue weighted by molar-refractivity contribution is 7.20. The predicted molar refractivity (Wildman–Crippen MR) is 93.2 cm³/mol. The fourth-order valence-corrected chi connectivity index (χ4v) is 4.23. The van der Waals surface area contributed by atoms with E-state index in [0.29, 0.717) is 45.9 Å². The molecular formula is C17H20N2O5S. The zero-order valence-corrected chi connectivity index (χ0v) is 15.3. The Kier molecular flexibility index (Phi) is 4.89. The Morgan fingerprint density at radius 1 is 1.28 bits per heavy atom. The van der Waals surface area contributed by atoms with E-state index in [9.17, 15) is 14.4 Å². The maximum absolute atomic E-state index is 12.9. The Balaban J connectivity index is 2.17. The van der Waals surface area contributed by atoms with E-state index in [2.05, 4.69) is 4.98 Å². The van der Waals surface area contributed by atoms with Crippen LogP contribution in [0.1, 0.15) is 53.7 Å². The number of hydrogen-bond donors (Lipinski definition) is 0. The van der Waals surface area contributed by atoms with Crippen LogP contribution in [0.2, 0.25) is 0 Å². The molecule has 7 nitrogen and oxygen atoms in total. The van der Waals surface area contributed by atoms with Gasteiger partial charge in [0, 0.05) is 6.54 Å². The van der Waals surface area contributed by atoms with Crippen LogP contribution in [0.5, 0.6) is 0 Å². The largest absolute Gasteiger partial charge is 0.465 e. The van der Waals surface area contributed by atoms with Crippen LogP contribution < -0.4 is 5.56 Å². The number of thiophene rings is 1. The van der Waals surface area contributed by atoms with E-state index in [1.54, 1.807) is 25.3 Å². The van der Waals surface area contributed by atoms with Gasteiger partial charge in [0.25, 0.3) is 5.56 Å². The molecule has 0 saturated carbocycles. The fourth-order valence-electron chi connectivity index (χ4n) is 3.15. The van der Waals surface area contributed by atoms with E-state index in [1.807, 2.05) is 0 Å². The zero-order valence-electron chi connectivity index (χ0n) is 14.5. The van der Waals surface area contributed by atoms with Gasteiger partial charge in [-0.25, -0.2) is 9.78 Å². The Labute approximate surface area is 148 Å². The number of fused-ring (bicyclic) bond motifs is 2. The van der Waals surface area contributed by atoms with Gasteiger partial charge in [0.15, 0.2) is 0 Å². The lowest BCUT2D eigenvalue weighted by molar-refractivity contribution is -0.145. The van der Waals surface area contributed by atoms with Crippen molar-refractivity contribution in [3.63, 3.8) is 0 Å². The quantitative estimate of drug-likeness (QED) is 0.774. The van der Waals surface area contributed by atoms with Gasteiger partial charge < -0.3 is 9.47 Å². The van der Waals surface area contributed by atoms with Gasteiger partial charge >= 0.3 is 11.9 Å². The second kappa shape index (κ2) is 6.95. The number of hydrogen-bond acceptors (Lipinski definition) is 7. The van der Waals surface area contributed by atoms with Gasteiger partial charge in [-0.15, -0.1) is 11.3 Å². The first kappa shape index (κ1) is 17.6. The third-order valence-corrected chi connectivity index (χ3v) is 5.46. The van der Waals surface area contributed by atoms with Gasteiger partial charge in [-0.2, -0.15) is 0 Å². The molecule has 3 heterocycles. The Bertz CT molecular complexity index is 899. The summed E-state index contributed by atoms with van der Waals surface area (Å²) in [6, 6.07) is 0. The van der Waals surface area contributed by atoms with Crippen molar-refractivity contribution in [2.75, 3.05) is 13.2 Å². The van der Waals surface area contributed by atoms with Crippen LogP contribution in [0.25, 0.3) is 10.2 Å². The van der Waals surface area contributed by atoms with E-state index >= 15 is 0 Å². The van der Waals surface area contributed by atoms with E-state index < -0.39 is 11.9 Å². The van der Waals surface area contributed by atoms with Crippen molar-refractivity contribution in [1.82, 2.24) is 9.55 Å². The molecule has 0 aromatic carbocycles. The number of rotatable bonds is 4. The minimum Gasteiger partial charge on any atom is -0.465 e. The van der Waals surface area contributed by atoms with Gasteiger partial charge in [0.2, 0.25) is 0 Å². The van der Waals surface area contributed by atoms with Crippen molar-refractivity contribution in [2.45, 2.75) is 46.1 Å². The van der Waals surface area contributed by atoms with Crippen LogP contribution in [0.4, 0.5) is 0 Å². The highest BCUT2D eigenvalue weighted by Gasteiger charge is 2.32. The molecule has 0 aliphatic carbocycles. The summed E-state index contributed by atoms with van der Waals surface area (Å²) < 4.78 is 11.7. The molecule has 0 saturated heterocycles. The molecule has 1 aliphatic rings. The number of nitrogens with zero attached hydrogens (tertiary/aromatic N) is 2. The second-order valence-corrected chi connectivity index (χ2v) is 6.83. The average molecular weight is 364 g/mol. The normalized spacial score (nSPS) is 16.5. The van der Waals surface area contributed by atoms with Crippen molar-refractivity contribution in [3.05, 3.63) is 26.6 Å². The molecule has 0 radical (unpaired) electrons. The topological polar surface area (TPSA) is 87.5 Å². The lowest BCUT2D eigenvalue weighted by Crippen LogP contribution is -2.33. The van der Waals surface area contributed by atoms with Crippen molar-refractivity contribution >= 4 is 33.5 Å². The van der Waals surface area contributed by atoms with Gasteiger partial charge in [-0.1, -0.05) is 0 Å². The Hall–Kier alpha value is -2.22. The van der Waals surface area contributed by atoms with Crippen LogP contribution in [0, 0.1) is 6.92 Å². The van der Waals surface area contributed by atoms with E-state index in [0.717, 1.165) is 11.3 Å². The molecule has 1 aliphatic heterocycles. The van der Waals surface area contributed by atoms with Gasteiger partial charge in [0.05, 0.1) is 18.6 Å². The third kappa shape index (κ3) is 2.95. The first-order valence-electron chi connectivity index (χ1n) is 8.37. The predicted octanol–water partition coefficient (Wildman–Crippen LogP) is 2.38. The van der Waals surface area contributed by atoms with Crippen LogP contribution >= 0.6 is 11.3 Å². The van der Waals surface area contributed by atoms with Crippen LogP contribution in [-0.4, -0.2) is 34.7 Å². The molecule has 8 heteroatoms. The first-order valence-corrected chi connectivity index (χ1v) is 9.18. The number of esters is 2. The Morgan fingerprint density at radius 3 is 2.68 bits per heavy atom. The minimum atomic E-state index is -0.542. The summed E-state index contributed by atoms with van der Waals surface area (Å²) in [7, 11) is 0. The Morgan fingerprint density at radius 2 is 2.00 bits per heavy atom. The molecule has 0 fully saturated rings. The summed E-state index contributed by atoms with van der Waals surface area (Å²) in [6.45, 7) is 6.27. The van der Waals surface area contributed by atoms with E-state index in [1.165, 1.54) is 0 Å². The maximum Gasteiger partial charge on any atom is 0.348 e. The number of aryl methyl sites for hydroxylation is 1. The molecule has 1 unspecified atom stereocenters. The lowest BCUT2D eigenvalue weighted by Gasteiger charge is -2.24. The third-order valence-electron chi connectivity index (χ3n) is 4.30. The van der Waals surface area contributed by atoms with Crippen molar-refractivity contribution < 1.29 is 19.1 Å². The number of aromatic nitrogens is 2. The molecule has 2 aromatic heterocycles. The molecule has 2 aromatic rings. The van der Waals surface area contributed by atoms with Crippen molar-refractivity contribution in [1.29, 1.82) is 0 Å². The highest BCUT2D eigenvalue weighted by Crippen LogP contribution is 2.32.